The summed E-state index contributed by atoms with van der Waals surface area (Å²) in [6.45, 7) is 2.36. The topological polar surface area (TPSA) is 785 Å². The van der Waals surface area contributed by atoms with Gasteiger partial charge in [-0.1, -0.05) is 52.9 Å². The quantitative estimate of drug-likeness (QED) is 0.0154. The fourth-order valence-electron chi connectivity index (χ4n) is 13.0. The fraction of sp³-hybridized carbons (Fsp3) is 0.962. The number of aliphatic hydroxyl groups excluding tert-OH is 8. The fourth-order valence-corrected chi connectivity index (χ4v) is 14.2. The van der Waals surface area contributed by atoms with Gasteiger partial charge in [-0.05, 0) is 19.9 Å². The zero-order chi connectivity index (χ0) is 84.4. The van der Waals surface area contributed by atoms with Gasteiger partial charge in [0, 0.05) is 23.7 Å². The molecule has 0 spiro atoms. The zero-order valence-corrected chi connectivity index (χ0v) is 63.1. The lowest BCUT2D eigenvalue weighted by Gasteiger charge is -2.50. The van der Waals surface area contributed by atoms with E-state index in [0.717, 1.165) is 34.1 Å². The van der Waals surface area contributed by atoms with E-state index in [2.05, 4.69) is 46.8 Å². The lowest BCUT2D eigenvalue weighted by atomic mass is 9.91. The summed E-state index contributed by atoms with van der Waals surface area (Å²) in [5.41, 5.74) is 0. The second kappa shape index (κ2) is 42.4. The third kappa shape index (κ3) is 25.1. The first-order chi connectivity index (χ1) is 53.5. The van der Waals surface area contributed by atoms with Gasteiger partial charge in [0.15, 0.2) is 68.4 Å². The summed E-state index contributed by atoms with van der Waals surface area (Å²) < 4.78 is 240. The molecule has 17 N–H and O–H groups in total. The Morgan fingerprint density at radius 1 is 0.316 bits per heavy atom. The second-order valence-electron chi connectivity index (χ2n) is 26.0. The molecule has 7 saturated heterocycles. The van der Waals surface area contributed by atoms with Crippen molar-refractivity contribution in [3.05, 3.63) is 11.8 Å². The number of aliphatic hydroxyl groups is 8. The van der Waals surface area contributed by atoms with Crippen molar-refractivity contribution in [1.82, 2.24) is 0 Å². The molecule has 8 heterocycles. The van der Waals surface area contributed by atoms with Crippen LogP contribution in [0.3, 0.4) is 0 Å². The van der Waals surface area contributed by atoms with Crippen LogP contribution in [0.4, 0.5) is 0 Å². The summed E-state index contributed by atoms with van der Waals surface area (Å²) >= 11 is 0. The summed E-state index contributed by atoms with van der Waals surface area (Å²) in [5.74, 6) is -5.72. The van der Waals surface area contributed by atoms with Gasteiger partial charge in [0.1, 0.15) is 97.7 Å². The van der Waals surface area contributed by atoms with Gasteiger partial charge < -0.3 is 112 Å². The smallest absolute Gasteiger partial charge is 0.397 e. The van der Waals surface area contributed by atoms with Gasteiger partial charge in [0.2, 0.25) is 18.9 Å². The number of allylic oxidation sites excluding steroid dienone is 1. The predicted octanol–water partition coefficient (Wildman–Crippen LogP) is -7.60. The van der Waals surface area contributed by atoms with Crippen molar-refractivity contribution in [3.8, 4) is 0 Å². The summed E-state index contributed by atoms with van der Waals surface area (Å²) in [6, 6.07) is 0. The molecule has 58 nitrogen and oxygen atoms in total. The Balaban J connectivity index is 1.00. The highest BCUT2D eigenvalue weighted by Gasteiger charge is 2.61. The Labute approximate surface area is 642 Å². The van der Waals surface area contributed by atoms with E-state index in [9.17, 15) is 114 Å². The van der Waals surface area contributed by atoms with E-state index in [1.165, 1.54) is 27.7 Å². The molecule has 8 aliphatic rings. The first-order valence-electron chi connectivity index (χ1n) is 33.2. The van der Waals surface area contributed by atoms with E-state index >= 15 is 0 Å². The van der Waals surface area contributed by atoms with E-state index in [0.29, 0.717) is 0 Å². The molecule has 38 atom stereocenters. The molecule has 62 heteroatoms. The second-order valence-corrected chi connectivity index (χ2v) is 30.4. The summed E-state index contributed by atoms with van der Waals surface area (Å²) in [6.07, 6.45) is -67.4. The summed E-state index contributed by atoms with van der Waals surface area (Å²) in [4.78, 5) is 44.6. The molecular formula is C52H88O58S4. The van der Waals surface area contributed by atoms with Crippen LogP contribution in [0.1, 0.15) is 41.5 Å². The maximum atomic E-state index is 12.2. The standard InChI is InChI=1S/C52H88O58S4/c1-14-9-20(53)33(100-107-62)47(84-14)91-35-22(11-81-112(69,70)71)87-44(16(3)26(35)55)90-32-19(6)85-48(40(28(32)57)101-108-63)92-36-23(12-82-113(72,73)74)88-45(17(4)27(36)56)95-38-29(58)42(103-110-65)50(98-51(38)104-78-7)94-37-24(13-83-114(75,76)77)89-46(18(5)31(37)99-106-61)96-39-30(59)41(102-109-64)49(97-52(39)105-79-8)93-34-21(10-80-111(66,67)68)86-43(60)15(2)25(34)54/h9,15-65H,10-13H2,1-8H3,(H,66,67,68)(H,69,70,71)(H,72,73,74)(H,75,76,77)/t15?,16?,17?,18?,19?,20-,21?,22?,23?,24?,25-,26-,27-,28-,29-,30-,31-,32-,33?,34-,35-,36-,37-,38+,39-,40?,41?,42?,43?,44-,45-,46-,47+,48+,49-,50-,51?,52?/m1/s1. The van der Waals surface area contributed by atoms with Crippen molar-refractivity contribution in [2.45, 2.75) is 251 Å². The Morgan fingerprint density at radius 3 is 1.01 bits per heavy atom. The number of hydrogen-bond acceptors (Lipinski definition) is 54. The lowest BCUT2D eigenvalue weighted by Crippen LogP contribution is -2.67. The molecule has 0 radical (unpaired) electrons. The molecule has 8 aliphatic heterocycles. The van der Waals surface area contributed by atoms with Gasteiger partial charge >= 0.3 is 41.6 Å². The van der Waals surface area contributed by atoms with Crippen molar-refractivity contribution < 1.29 is 276 Å². The largest absolute Gasteiger partial charge is 0.467 e. The van der Waals surface area contributed by atoms with Crippen LogP contribution < -0.4 is 0 Å². The molecule has 0 bridgehead atoms. The van der Waals surface area contributed by atoms with Gasteiger partial charge in [-0.2, -0.15) is 58.1 Å². The van der Waals surface area contributed by atoms with Crippen LogP contribution in [0.25, 0.3) is 0 Å². The van der Waals surface area contributed by atoms with E-state index in [1.807, 2.05) is 0 Å². The molecular weight excluding hydrogens is 1680 g/mol. The molecule has 8 rings (SSSR count). The highest BCUT2D eigenvalue weighted by atomic mass is 32.3. The van der Waals surface area contributed by atoms with Gasteiger partial charge in [-0.25, -0.2) is 62.6 Å². The monoisotopic (exact) mass is 1770 g/mol. The van der Waals surface area contributed by atoms with E-state index < -0.39 is 301 Å². The minimum atomic E-state index is -5.52. The van der Waals surface area contributed by atoms with Crippen LogP contribution in [0.2, 0.25) is 0 Å². The Kier molecular flexibility index (Phi) is 36.1. The van der Waals surface area contributed by atoms with Crippen LogP contribution in [-0.4, -0.2) is 369 Å². The molecule has 114 heavy (non-hydrogen) atoms. The average Bonchev–Trinajstić information content (AvgIpc) is 0.728. The summed E-state index contributed by atoms with van der Waals surface area (Å²) in [7, 11) is -19.7. The van der Waals surface area contributed by atoms with Crippen molar-refractivity contribution in [2.75, 3.05) is 40.6 Å². The van der Waals surface area contributed by atoms with Crippen LogP contribution in [-0.2, 0) is 199 Å². The van der Waals surface area contributed by atoms with Crippen molar-refractivity contribution in [3.63, 3.8) is 0 Å². The number of ether oxygens (including phenoxy) is 15. The minimum Gasteiger partial charge on any atom is -0.467 e. The van der Waals surface area contributed by atoms with Crippen molar-refractivity contribution in [1.29, 1.82) is 0 Å². The molecule has 0 amide bonds. The third-order valence-electron chi connectivity index (χ3n) is 18.7. The van der Waals surface area contributed by atoms with E-state index in [-0.39, 0.29) is 5.76 Å². The SMILES string of the molecule is COOC1O[C@@H](O[C@@H]2C(COS(=O)(=O)O)O[C@H](O[C@H]3C(OOC)O[C@@H](O[C@@H]4C(COS(=O)(=O)O)OC(O)C(C)[C@H]4O)C(OOO)[C@@H]3O)C(C)[C@H]2OOO)C(OOO)[C@H](O)[C@@H]1O[C@H]1OC(COS(=O)(=O)O)[C@@H](O[C@@H]2OC(C)[C@@H](O[C@H]3OC(COS(=O)(=O)O)[C@@H](O[C@@H]4OC(C)=C[C@@H](O)C4OOO)[C@H](O)C3C)[C@@H](O)C2OOO)[C@H](O)C1C. The first-order valence-corrected chi connectivity index (χ1v) is 38.6. The molecule has 7 fully saturated rings. The first kappa shape index (κ1) is 96.8. The Morgan fingerprint density at radius 2 is 0.623 bits per heavy atom. The lowest BCUT2D eigenvalue weighted by molar-refractivity contribution is -0.555. The van der Waals surface area contributed by atoms with Gasteiger partial charge in [0.25, 0.3) is 0 Å². The Hall–Kier alpha value is -2.62. The van der Waals surface area contributed by atoms with Crippen LogP contribution in [0.5, 0.6) is 0 Å². The van der Waals surface area contributed by atoms with Gasteiger partial charge in [-0.15, -0.1) is 0 Å². The molecule has 16 unspecified atom stereocenters. The highest BCUT2D eigenvalue weighted by Crippen LogP contribution is 2.43. The van der Waals surface area contributed by atoms with Gasteiger partial charge in [-0.3, -0.25) is 18.2 Å². The zero-order valence-electron chi connectivity index (χ0n) is 59.8. The maximum Gasteiger partial charge on any atom is 0.397 e. The number of rotatable bonds is 40. The number of hydrogen-bond donors (Lipinski definition) is 17. The third-order valence-corrected chi connectivity index (χ3v) is 20.4. The molecule has 0 aliphatic carbocycles. The summed E-state index contributed by atoms with van der Waals surface area (Å²) in [5, 5.41) is 159. The van der Waals surface area contributed by atoms with Crippen LogP contribution >= 0.6 is 0 Å². The predicted molar refractivity (Wildman–Crippen MR) is 329 cm³/mol. The van der Waals surface area contributed by atoms with E-state index in [4.69, 9.17) is 115 Å². The van der Waals surface area contributed by atoms with Crippen LogP contribution in [0, 0.1) is 23.7 Å². The Bertz CT molecular complexity index is 3430. The molecule has 0 aromatic carbocycles. The molecule has 0 aromatic rings. The highest BCUT2D eigenvalue weighted by molar-refractivity contribution is 7.81. The normalized spacial score (nSPS) is 43.6. The molecule has 0 aromatic heterocycles. The van der Waals surface area contributed by atoms with Crippen LogP contribution in [0.15, 0.2) is 11.8 Å². The van der Waals surface area contributed by atoms with Crippen molar-refractivity contribution in [2.24, 2.45) is 23.7 Å². The maximum absolute atomic E-state index is 12.2. The minimum absolute atomic E-state index is 0.0230. The van der Waals surface area contributed by atoms with Crippen molar-refractivity contribution >= 4 is 41.6 Å². The van der Waals surface area contributed by atoms with E-state index in [1.54, 1.807) is 0 Å². The van der Waals surface area contributed by atoms with Gasteiger partial charge in [0.05, 0.1) is 70.8 Å². The molecule has 668 valence electrons. The molecule has 0 saturated carbocycles. The average molecular weight is 1770 g/mol.